The number of carbonyl (C=O) groups is 7. The maximum absolute atomic E-state index is 13.9. The number of morpholine rings is 4. The molecule has 7 aromatic rings. The van der Waals surface area contributed by atoms with Gasteiger partial charge in [0, 0.05) is 140 Å². The molecule has 8 atom stereocenters. The molecule has 4 aromatic carbocycles. The van der Waals surface area contributed by atoms with Crippen LogP contribution in [0.2, 0.25) is 0 Å². The van der Waals surface area contributed by atoms with E-state index in [1.807, 2.05) is 9.80 Å². The Bertz CT molecular complexity index is 6090. The number of nitrogens with one attached hydrogen (secondary N) is 4. The number of hydrogen-bond acceptors (Lipinski definition) is 36. The van der Waals surface area contributed by atoms with Gasteiger partial charge < -0.3 is 79.6 Å². The number of ether oxygens (including phenoxy) is 8. The number of halogens is 8. The molecule has 4 saturated heterocycles. The fraction of sp³-hybridized carbons (Fsp3) is 0.427. The van der Waals surface area contributed by atoms with E-state index in [1.165, 1.54) is 87.6 Å². The number of aliphatic carboxylic acids is 3. The number of benzene rings is 4. The van der Waals surface area contributed by atoms with Crippen molar-refractivity contribution in [1.82, 2.24) is 85.2 Å². The average molecular weight is 2190 g/mol. The molecule has 0 amide bonds. The van der Waals surface area contributed by atoms with Crippen molar-refractivity contribution in [1.29, 1.82) is 0 Å². The summed E-state index contributed by atoms with van der Waals surface area (Å²) in [5.74, 6) is -4.31. The quantitative estimate of drug-likeness (QED) is 0.0146. The summed E-state index contributed by atoms with van der Waals surface area (Å²) in [6.07, 6.45) is 4.37. The highest BCUT2D eigenvalue weighted by molar-refractivity contribution is 9.11. The van der Waals surface area contributed by atoms with Crippen LogP contribution in [0.1, 0.15) is 98.0 Å². The number of hydrogen-bond donors (Lipinski definition) is 8. The first kappa shape index (κ1) is 104. The van der Waals surface area contributed by atoms with E-state index < -0.39 is 107 Å². The first-order chi connectivity index (χ1) is 66.8. The summed E-state index contributed by atoms with van der Waals surface area (Å²) in [4.78, 5) is 135. The van der Waals surface area contributed by atoms with Crippen molar-refractivity contribution < 1.29 is 109 Å². The number of aliphatic imine (C=N–C) groups is 6. The van der Waals surface area contributed by atoms with Gasteiger partial charge in [-0.3, -0.25) is 68.2 Å². The smallest absolute Gasteiger partial charge is 0.338 e. The average Bonchev–Trinajstić information content (AvgIpc) is 1.74. The minimum absolute atomic E-state index is 0.0209. The Labute approximate surface area is 826 Å². The molecule has 0 spiro atoms. The van der Waals surface area contributed by atoms with Crippen LogP contribution in [0.5, 0.6) is 0 Å². The summed E-state index contributed by atoms with van der Waals surface area (Å²) in [6, 6.07) is 12.5. The van der Waals surface area contributed by atoms with E-state index in [0.29, 0.717) is 176 Å². The summed E-state index contributed by atoms with van der Waals surface area (Å²) >= 11 is 13.6. The minimum atomic E-state index is -1.06. The van der Waals surface area contributed by atoms with E-state index >= 15 is 0 Å². The van der Waals surface area contributed by atoms with Crippen molar-refractivity contribution in [2.24, 2.45) is 51.1 Å². The van der Waals surface area contributed by atoms with Crippen molar-refractivity contribution in [2.75, 3.05) is 145 Å². The number of esters is 4. The molecule has 50 heteroatoms. The standard InChI is InChI=1S/C23H26BrFN6O5.2C22H24BrFN6O5.C22H25BrFN5O4/c1-3-35-23(34)19-17(11-31-6-7-36-14(10-31)9-18(32)33)27-22(21-26-12-30(2)29-21)28-20(19)15-5-4-13(25)8-16(15)24;1-3-35-22(33)17-15(9-30-6-7-34-10-16(30)21(31)32)26-20(19-25-11-29(2)28-19)27-18(17)13-5-4-12(24)8-14(13)23;1-3-34-22(33)17-15(9-30-6-7-35-16(10-30)21(31)32)26-20(19-25-11-29(2)28-19)27-18(17)13-5-4-12(24)8-14(13)23;1-2-32-22(31)18-17(11-29-7-8-33-14(10-29)12-30)27-21(20-25-5-6-26-20)28-19(18)15-4-3-13(24)9-16(15)23/h4-5,8,12,14,20H,3,6-7,9-11H2,1-2H3,(H,27,28)(H,32,33);2*4-5,8,11,16,18H,3,6-7,9-10H2,1-2H3,(H,26,27)(H,31,32);3-5,9,14,19,30H,2,6-8,10-12H2,1H3,(H,27,28)/t;;;14-,19?/m...1/s1. The Balaban J connectivity index is 0.000000156. The number of carbonyl (C=O) groups excluding carboxylic acids is 4. The molecule has 0 saturated carbocycles. The predicted octanol–water partition coefficient (Wildman–Crippen LogP) is 6.25. The molecular formula is C89H99Br4F4N23O19. The number of carboxylic acids is 3. The number of aliphatic hydroxyl groups excluding tert-OH is 1. The molecule has 7 unspecified atom stereocenters. The number of nitrogens with zero attached hydrogens (tertiary/aromatic N) is 19. The Morgan fingerprint density at radius 2 is 0.806 bits per heavy atom. The normalized spacial score (nSPS) is 21.4. The van der Waals surface area contributed by atoms with Gasteiger partial charge in [0.05, 0.1) is 114 Å². The SMILES string of the molecule is CCOC(=O)C1=C(CN2CCOC(C(=O)O)C2)NC(c2ncn(C)n2)=NC1c1ccc(F)cc1Br.CCOC(=O)C1=C(CN2CCOC(CC(=O)O)C2)NC(c2ncn(C)n2)=NC1c1ccc(F)cc1Br.CCOC(=O)C1=C(CN2CCOCC2C(=O)O)NC(c2ncn(C)n2)=NC1c1ccc(F)cc1Br.CCOC(=O)C1=C(CN2CCO[C@@H](CO)C2)NC(C2=NCC=N2)=NC1c1ccc(F)cc1Br. The van der Waals surface area contributed by atoms with Gasteiger partial charge in [-0.1, -0.05) is 88.0 Å². The number of carboxylic acid groups (broad SMARTS) is 3. The fourth-order valence-corrected chi connectivity index (χ4v) is 18.2. The maximum Gasteiger partial charge on any atom is 0.338 e. The van der Waals surface area contributed by atoms with E-state index in [2.05, 4.69) is 130 Å². The van der Waals surface area contributed by atoms with Crippen LogP contribution in [0, 0.1) is 23.3 Å². The van der Waals surface area contributed by atoms with E-state index in [1.54, 1.807) is 78.2 Å². The fourth-order valence-electron chi connectivity index (χ4n) is 15.9. The molecule has 42 nitrogen and oxygen atoms in total. The van der Waals surface area contributed by atoms with Crippen molar-refractivity contribution in [2.45, 2.75) is 82.6 Å². The summed E-state index contributed by atoms with van der Waals surface area (Å²) in [5, 5.41) is 63.5. The van der Waals surface area contributed by atoms with Gasteiger partial charge in [0.25, 0.3) is 0 Å². The molecule has 8 N–H and O–H groups in total. The molecule has 740 valence electrons. The van der Waals surface area contributed by atoms with Gasteiger partial charge >= 0.3 is 41.8 Å². The van der Waals surface area contributed by atoms with Gasteiger partial charge in [0.2, 0.25) is 17.5 Å². The van der Waals surface area contributed by atoms with Crippen molar-refractivity contribution >= 4 is 141 Å². The lowest BCUT2D eigenvalue weighted by Crippen LogP contribution is -2.52. The second kappa shape index (κ2) is 48.8. The van der Waals surface area contributed by atoms with E-state index in [-0.39, 0.29) is 113 Å². The predicted molar refractivity (Wildman–Crippen MR) is 505 cm³/mol. The summed E-state index contributed by atoms with van der Waals surface area (Å²) in [5.41, 5.74) is 5.27. The third kappa shape index (κ3) is 26.8. The summed E-state index contributed by atoms with van der Waals surface area (Å²) in [6.45, 7) is 13.2. The number of rotatable bonds is 29. The lowest BCUT2D eigenvalue weighted by atomic mass is 9.95. The third-order valence-corrected chi connectivity index (χ3v) is 25.0. The van der Waals surface area contributed by atoms with Gasteiger partial charge in [-0.25, -0.2) is 61.5 Å². The molecule has 139 heavy (non-hydrogen) atoms. The van der Waals surface area contributed by atoms with Gasteiger partial charge in [0.15, 0.2) is 35.3 Å². The second-order valence-electron chi connectivity index (χ2n) is 31.9. The molecular weight excluding hydrogens is 2090 g/mol. The zero-order valence-electron chi connectivity index (χ0n) is 76.1. The highest BCUT2D eigenvalue weighted by Gasteiger charge is 2.43. The van der Waals surface area contributed by atoms with E-state index in [0.717, 1.165) is 0 Å². The van der Waals surface area contributed by atoms with Crippen LogP contribution in [0.15, 0.2) is 185 Å². The topological polar surface area (TPSA) is 502 Å². The Morgan fingerprint density at radius 3 is 1.14 bits per heavy atom. The summed E-state index contributed by atoms with van der Waals surface area (Å²) < 4.78 is 105. The number of aliphatic hydroxyl groups is 1. The molecule has 0 bridgehead atoms. The zero-order chi connectivity index (χ0) is 99.4. The molecule has 9 aliphatic rings. The second-order valence-corrected chi connectivity index (χ2v) is 35.3. The largest absolute Gasteiger partial charge is 0.481 e. The number of amidine groups is 5. The molecule has 4 fully saturated rings. The molecule has 0 aliphatic carbocycles. The van der Waals surface area contributed by atoms with Gasteiger partial charge in [-0.2, -0.15) is 0 Å². The molecule has 3 aromatic heterocycles. The minimum Gasteiger partial charge on any atom is -0.481 e. The van der Waals surface area contributed by atoms with E-state index in [4.69, 9.17) is 57.9 Å². The highest BCUT2D eigenvalue weighted by atomic mass is 79.9. The molecule has 12 heterocycles. The van der Waals surface area contributed by atoms with Crippen LogP contribution in [-0.4, -0.2) is 330 Å². The summed E-state index contributed by atoms with van der Waals surface area (Å²) in [7, 11) is 5.15. The van der Waals surface area contributed by atoms with Crippen LogP contribution >= 0.6 is 63.7 Å². The lowest BCUT2D eigenvalue weighted by Gasteiger charge is -2.35. The van der Waals surface area contributed by atoms with Crippen LogP contribution in [0.3, 0.4) is 0 Å². The number of aryl methyl sites for hydroxylation is 3. The van der Waals surface area contributed by atoms with Crippen LogP contribution in [0.25, 0.3) is 0 Å². The molecule has 16 rings (SSSR count). The molecule has 0 radical (unpaired) electrons. The number of aromatic nitrogens is 9. The van der Waals surface area contributed by atoms with Crippen LogP contribution in [0.4, 0.5) is 17.6 Å². The Morgan fingerprint density at radius 1 is 0.453 bits per heavy atom. The Hall–Kier alpha value is -12.0. The Kier molecular flexibility index (Phi) is 36.6. The highest BCUT2D eigenvalue weighted by Crippen LogP contribution is 2.43. The monoisotopic (exact) mass is 2190 g/mol. The first-order valence-corrected chi connectivity index (χ1v) is 47.0. The van der Waals surface area contributed by atoms with Gasteiger partial charge in [-0.05, 0) is 98.5 Å². The van der Waals surface area contributed by atoms with E-state index in [9.17, 15) is 71.5 Å². The van der Waals surface area contributed by atoms with Crippen molar-refractivity contribution in [3.63, 3.8) is 0 Å². The van der Waals surface area contributed by atoms with Crippen molar-refractivity contribution in [3.8, 4) is 0 Å². The van der Waals surface area contributed by atoms with Crippen molar-refractivity contribution in [3.05, 3.63) is 218 Å². The van der Waals surface area contributed by atoms with Gasteiger partial charge in [-0.15, -0.1) is 15.3 Å². The van der Waals surface area contributed by atoms with Crippen LogP contribution in [-0.2, 0) is 92.6 Å². The zero-order valence-corrected chi connectivity index (χ0v) is 82.4. The third-order valence-electron chi connectivity index (χ3n) is 22.2. The maximum atomic E-state index is 13.9. The van der Waals surface area contributed by atoms with Gasteiger partial charge in [0.1, 0.15) is 72.5 Å². The lowest BCUT2D eigenvalue weighted by molar-refractivity contribution is -0.156. The molecule has 9 aliphatic heterocycles. The van der Waals surface area contributed by atoms with Crippen LogP contribution < -0.4 is 21.3 Å². The first-order valence-electron chi connectivity index (χ1n) is 43.9.